The molecule has 2 aliphatic carbocycles. The molecule has 0 amide bonds. The lowest BCUT2D eigenvalue weighted by Crippen LogP contribution is -2.47. The second-order valence-electron chi connectivity index (χ2n) is 5.21. The molecule has 0 atom stereocenters. The molecule has 2 rings (SSSR count). The highest BCUT2D eigenvalue weighted by atomic mass is 16.3. The van der Waals surface area contributed by atoms with Gasteiger partial charge in [0.1, 0.15) is 0 Å². The predicted molar refractivity (Wildman–Crippen MR) is 58.2 cm³/mol. The minimum absolute atomic E-state index is 0.339. The topological polar surface area (TPSA) is 32.3 Å². The van der Waals surface area contributed by atoms with Crippen LogP contribution in [0.3, 0.4) is 0 Å². The Labute approximate surface area is 87.1 Å². The van der Waals surface area contributed by atoms with Gasteiger partial charge in [0.2, 0.25) is 0 Å². The van der Waals surface area contributed by atoms with Crippen molar-refractivity contribution in [2.24, 2.45) is 5.92 Å². The van der Waals surface area contributed by atoms with E-state index in [1.54, 1.807) is 0 Å². The molecule has 82 valence electrons. The largest absolute Gasteiger partial charge is 0.389 e. The summed E-state index contributed by atoms with van der Waals surface area (Å²) < 4.78 is 0. The van der Waals surface area contributed by atoms with E-state index in [2.05, 4.69) is 5.32 Å². The molecular weight excluding hydrogens is 174 g/mol. The number of hydrogen-bond donors (Lipinski definition) is 2. The van der Waals surface area contributed by atoms with E-state index >= 15 is 0 Å². The maximum absolute atomic E-state index is 9.88. The summed E-state index contributed by atoms with van der Waals surface area (Å²) in [4.78, 5) is 0. The first-order valence-corrected chi connectivity index (χ1v) is 6.22. The van der Waals surface area contributed by atoms with Crippen LogP contribution in [-0.4, -0.2) is 23.8 Å². The number of nitrogens with one attached hydrogen (secondary N) is 1. The van der Waals surface area contributed by atoms with Gasteiger partial charge in [0.15, 0.2) is 0 Å². The summed E-state index contributed by atoms with van der Waals surface area (Å²) in [6.45, 7) is 1.95. The summed E-state index contributed by atoms with van der Waals surface area (Å²) in [5, 5.41) is 13.3. The van der Waals surface area contributed by atoms with E-state index in [1.807, 2.05) is 0 Å². The molecule has 0 bridgehead atoms. The smallest absolute Gasteiger partial charge is 0.0771 e. The Morgan fingerprint density at radius 2 is 1.79 bits per heavy atom. The third kappa shape index (κ3) is 2.71. The summed E-state index contributed by atoms with van der Waals surface area (Å²) in [5.74, 6) is 0.882. The molecule has 2 N–H and O–H groups in total. The second kappa shape index (κ2) is 4.63. The van der Waals surface area contributed by atoms with E-state index in [0.29, 0.717) is 0 Å². The fourth-order valence-electron chi connectivity index (χ4n) is 2.66. The first-order valence-electron chi connectivity index (χ1n) is 6.22. The van der Waals surface area contributed by atoms with Gasteiger partial charge in [0.25, 0.3) is 0 Å². The van der Waals surface area contributed by atoms with Crippen LogP contribution in [0.2, 0.25) is 0 Å². The average molecular weight is 197 g/mol. The molecule has 2 aliphatic rings. The molecule has 0 heterocycles. The summed E-state index contributed by atoms with van der Waals surface area (Å²) in [5.41, 5.74) is -0.339. The van der Waals surface area contributed by atoms with Crippen molar-refractivity contribution in [3.63, 3.8) is 0 Å². The third-order valence-corrected chi connectivity index (χ3v) is 3.90. The molecule has 14 heavy (non-hydrogen) atoms. The number of hydrogen-bond acceptors (Lipinski definition) is 2. The second-order valence-corrected chi connectivity index (χ2v) is 5.21. The molecule has 0 saturated heterocycles. The van der Waals surface area contributed by atoms with Crippen molar-refractivity contribution in [2.45, 2.75) is 57.0 Å². The van der Waals surface area contributed by atoms with Gasteiger partial charge in [-0.25, -0.2) is 0 Å². The van der Waals surface area contributed by atoms with Gasteiger partial charge >= 0.3 is 0 Å². The van der Waals surface area contributed by atoms with Crippen LogP contribution >= 0.6 is 0 Å². The lowest BCUT2D eigenvalue weighted by atomic mass is 9.80. The van der Waals surface area contributed by atoms with Crippen molar-refractivity contribution in [1.82, 2.24) is 5.32 Å². The standard InChI is InChI=1S/C12H23NO/c14-12(7-4-8-12)10-13-9-11-5-2-1-3-6-11/h11,13-14H,1-10H2. The minimum Gasteiger partial charge on any atom is -0.389 e. The van der Waals surface area contributed by atoms with Crippen LogP contribution in [0.25, 0.3) is 0 Å². The Morgan fingerprint density at radius 1 is 1.07 bits per heavy atom. The zero-order chi connectivity index (χ0) is 9.86. The van der Waals surface area contributed by atoms with E-state index in [0.717, 1.165) is 31.8 Å². The predicted octanol–water partition coefficient (Wildman–Crippen LogP) is 2.07. The highest BCUT2D eigenvalue weighted by molar-refractivity contribution is 4.89. The van der Waals surface area contributed by atoms with Gasteiger partial charge in [-0.3, -0.25) is 0 Å². The SMILES string of the molecule is OC1(CNCC2CCCCC2)CCC1. The molecule has 0 aliphatic heterocycles. The van der Waals surface area contributed by atoms with Gasteiger partial charge in [-0.1, -0.05) is 19.3 Å². The number of rotatable bonds is 4. The molecule has 0 spiro atoms. The van der Waals surface area contributed by atoms with E-state index in [1.165, 1.54) is 38.5 Å². The van der Waals surface area contributed by atoms with Gasteiger partial charge in [0.05, 0.1) is 5.60 Å². The van der Waals surface area contributed by atoms with Gasteiger partial charge in [-0.15, -0.1) is 0 Å². The van der Waals surface area contributed by atoms with Crippen LogP contribution in [0.4, 0.5) is 0 Å². The zero-order valence-electron chi connectivity index (χ0n) is 9.10. The van der Waals surface area contributed by atoms with Crippen molar-refractivity contribution >= 4 is 0 Å². The fraction of sp³-hybridized carbons (Fsp3) is 1.00. The Balaban J connectivity index is 1.57. The highest BCUT2D eigenvalue weighted by Gasteiger charge is 2.33. The van der Waals surface area contributed by atoms with E-state index in [9.17, 15) is 5.11 Å². The van der Waals surface area contributed by atoms with Crippen molar-refractivity contribution in [3.8, 4) is 0 Å². The Hall–Kier alpha value is -0.0800. The van der Waals surface area contributed by atoms with Gasteiger partial charge in [-0.05, 0) is 44.6 Å². The maximum atomic E-state index is 9.88. The lowest BCUT2D eigenvalue weighted by Gasteiger charge is -2.37. The van der Waals surface area contributed by atoms with Crippen molar-refractivity contribution in [2.75, 3.05) is 13.1 Å². The summed E-state index contributed by atoms with van der Waals surface area (Å²) in [6.07, 6.45) is 10.3. The Bertz CT molecular complexity index is 171. The van der Waals surface area contributed by atoms with Gasteiger partial charge in [0, 0.05) is 6.54 Å². The molecule has 2 nitrogen and oxygen atoms in total. The molecule has 0 aromatic heterocycles. The quantitative estimate of drug-likeness (QED) is 0.723. The fourth-order valence-corrected chi connectivity index (χ4v) is 2.66. The molecule has 0 aromatic rings. The van der Waals surface area contributed by atoms with Crippen LogP contribution < -0.4 is 5.32 Å². The summed E-state index contributed by atoms with van der Waals surface area (Å²) in [7, 11) is 0. The van der Waals surface area contributed by atoms with Gasteiger partial charge < -0.3 is 10.4 Å². The van der Waals surface area contributed by atoms with E-state index in [-0.39, 0.29) is 5.60 Å². The monoisotopic (exact) mass is 197 g/mol. The van der Waals surface area contributed by atoms with Gasteiger partial charge in [-0.2, -0.15) is 0 Å². The minimum atomic E-state index is -0.339. The van der Waals surface area contributed by atoms with E-state index < -0.39 is 0 Å². The molecular formula is C12H23NO. The van der Waals surface area contributed by atoms with Crippen molar-refractivity contribution in [1.29, 1.82) is 0 Å². The summed E-state index contributed by atoms with van der Waals surface area (Å²) in [6, 6.07) is 0. The Morgan fingerprint density at radius 3 is 2.36 bits per heavy atom. The lowest BCUT2D eigenvalue weighted by molar-refractivity contribution is -0.0319. The van der Waals surface area contributed by atoms with Crippen LogP contribution in [0.15, 0.2) is 0 Å². The molecule has 2 saturated carbocycles. The first-order chi connectivity index (χ1) is 6.79. The molecule has 2 heteroatoms. The third-order valence-electron chi connectivity index (χ3n) is 3.90. The van der Waals surface area contributed by atoms with Crippen LogP contribution in [0, 0.1) is 5.92 Å². The Kier molecular flexibility index (Phi) is 3.45. The van der Waals surface area contributed by atoms with Crippen molar-refractivity contribution in [3.05, 3.63) is 0 Å². The molecule has 0 aromatic carbocycles. The normalized spacial score (nSPS) is 27.2. The highest BCUT2D eigenvalue weighted by Crippen LogP contribution is 2.30. The molecule has 0 unspecified atom stereocenters. The number of aliphatic hydroxyl groups is 1. The average Bonchev–Trinajstić information content (AvgIpc) is 2.17. The zero-order valence-corrected chi connectivity index (χ0v) is 9.10. The molecule has 2 fully saturated rings. The van der Waals surface area contributed by atoms with E-state index in [4.69, 9.17) is 0 Å². The van der Waals surface area contributed by atoms with Crippen LogP contribution in [0.5, 0.6) is 0 Å². The summed E-state index contributed by atoms with van der Waals surface area (Å²) >= 11 is 0. The first kappa shape index (κ1) is 10.4. The maximum Gasteiger partial charge on any atom is 0.0771 e. The van der Waals surface area contributed by atoms with Crippen LogP contribution in [-0.2, 0) is 0 Å². The van der Waals surface area contributed by atoms with Crippen LogP contribution in [0.1, 0.15) is 51.4 Å². The molecule has 0 radical (unpaired) electrons. The van der Waals surface area contributed by atoms with Crippen molar-refractivity contribution < 1.29 is 5.11 Å².